The van der Waals surface area contributed by atoms with Crippen LogP contribution in [0.1, 0.15) is 19.8 Å². The van der Waals surface area contributed by atoms with Crippen molar-refractivity contribution in [1.82, 2.24) is 0 Å². The molecule has 0 fully saturated rings. The van der Waals surface area contributed by atoms with Crippen LogP contribution in [-0.4, -0.2) is 6.61 Å². The van der Waals surface area contributed by atoms with Crippen LogP contribution in [-0.2, 0) is 4.52 Å². The van der Waals surface area contributed by atoms with Crippen LogP contribution in [0.5, 0.6) is 28.7 Å². The molecule has 0 saturated carbocycles. The molecule has 1 aliphatic heterocycles. The zero-order valence-electron chi connectivity index (χ0n) is 25.2. The third-order valence-electron chi connectivity index (χ3n) is 6.27. The first-order valence-electron chi connectivity index (χ1n) is 14.9. The van der Waals surface area contributed by atoms with Crippen LogP contribution in [0.25, 0.3) is 0 Å². The maximum atomic E-state index is 6.71. The van der Waals surface area contributed by atoms with Crippen molar-refractivity contribution < 1.29 is 27.1 Å². The monoisotopic (exact) mass is 673 g/mol. The first-order valence-corrected chi connectivity index (χ1v) is 19.5. The Kier molecular flexibility index (Phi) is 10.3. The minimum absolute atomic E-state index is 0.317. The number of unbranched alkanes of at least 4 members (excludes halogenated alkanes) is 1. The van der Waals surface area contributed by atoms with E-state index >= 15 is 0 Å². The van der Waals surface area contributed by atoms with Gasteiger partial charge in [-0.15, -0.1) is 9.03 Å². The Hall–Kier alpha value is -4.25. The van der Waals surface area contributed by atoms with Gasteiger partial charge in [-0.2, -0.15) is 0 Å². The Balaban J connectivity index is 1.66. The SMILES string of the molecule is CCCCOP1(Oc2ccccc2)=NP(Oc2ccccc2)(Oc2ccccc2)=NP(Oc2ccccc2)(Oc2ccccc2)=N1. The summed E-state index contributed by atoms with van der Waals surface area (Å²) in [6.45, 7) is 2.40. The molecular formula is C34H34N3O6P3. The third-order valence-corrected chi connectivity index (χ3v) is 14.5. The number of hydrogen-bond donors (Lipinski definition) is 0. The van der Waals surface area contributed by atoms with Gasteiger partial charge in [0.05, 0.1) is 6.61 Å². The maximum absolute atomic E-state index is 6.71. The molecule has 0 radical (unpaired) electrons. The van der Waals surface area contributed by atoms with Gasteiger partial charge in [0.15, 0.2) is 0 Å². The fraction of sp³-hybridized carbons (Fsp3) is 0.118. The van der Waals surface area contributed by atoms with Crippen molar-refractivity contribution in [2.24, 2.45) is 13.5 Å². The first kappa shape index (κ1) is 31.7. The van der Waals surface area contributed by atoms with Crippen molar-refractivity contribution >= 4 is 23.0 Å². The van der Waals surface area contributed by atoms with E-state index in [2.05, 4.69) is 6.92 Å². The molecule has 12 heteroatoms. The van der Waals surface area contributed by atoms with E-state index in [0.717, 1.165) is 12.8 Å². The van der Waals surface area contributed by atoms with E-state index in [0.29, 0.717) is 35.4 Å². The van der Waals surface area contributed by atoms with Gasteiger partial charge in [-0.3, -0.25) is 4.52 Å². The van der Waals surface area contributed by atoms with Crippen LogP contribution in [0, 0.1) is 0 Å². The Labute approximate surface area is 269 Å². The summed E-state index contributed by atoms with van der Waals surface area (Å²) in [5.74, 6) is 2.47. The van der Waals surface area contributed by atoms with Crippen molar-refractivity contribution in [2.45, 2.75) is 19.8 Å². The summed E-state index contributed by atoms with van der Waals surface area (Å²) >= 11 is 0. The minimum Gasteiger partial charge on any atom is -0.422 e. The summed E-state index contributed by atoms with van der Waals surface area (Å²) in [7, 11) is -11.2. The van der Waals surface area contributed by atoms with Crippen LogP contribution in [0.3, 0.4) is 0 Å². The molecule has 6 rings (SSSR count). The topological polar surface area (TPSA) is 92.5 Å². The Morgan fingerprint density at radius 3 is 0.957 bits per heavy atom. The molecule has 1 unspecified atom stereocenters. The van der Waals surface area contributed by atoms with Gasteiger partial charge >= 0.3 is 23.0 Å². The number of hydrogen-bond acceptors (Lipinski definition) is 9. The molecular weight excluding hydrogens is 639 g/mol. The fourth-order valence-electron chi connectivity index (χ4n) is 4.20. The molecule has 1 heterocycles. The van der Waals surface area contributed by atoms with Crippen LogP contribution in [0.4, 0.5) is 0 Å². The Bertz CT molecular complexity index is 1690. The molecule has 5 aromatic rings. The van der Waals surface area contributed by atoms with E-state index in [1.54, 1.807) is 0 Å². The third kappa shape index (κ3) is 8.31. The van der Waals surface area contributed by atoms with E-state index in [-0.39, 0.29) is 0 Å². The zero-order chi connectivity index (χ0) is 31.5. The molecule has 0 saturated heterocycles. The Morgan fingerprint density at radius 1 is 0.391 bits per heavy atom. The van der Waals surface area contributed by atoms with E-state index in [1.807, 2.05) is 152 Å². The lowest BCUT2D eigenvalue weighted by molar-refractivity contribution is 0.297. The van der Waals surface area contributed by atoms with Gasteiger partial charge < -0.3 is 22.6 Å². The van der Waals surface area contributed by atoms with Crippen LogP contribution in [0.2, 0.25) is 0 Å². The second-order valence-corrected chi connectivity index (χ2v) is 16.2. The predicted octanol–water partition coefficient (Wildman–Crippen LogP) is 12.1. The zero-order valence-corrected chi connectivity index (χ0v) is 27.9. The van der Waals surface area contributed by atoms with Gasteiger partial charge in [-0.1, -0.05) is 109 Å². The van der Waals surface area contributed by atoms with Crippen LogP contribution in [0.15, 0.2) is 165 Å². The summed E-state index contributed by atoms with van der Waals surface area (Å²) in [4.78, 5) is 0. The molecule has 236 valence electrons. The quantitative estimate of drug-likeness (QED) is 0.0860. The highest BCUT2D eigenvalue weighted by atomic mass is 31.3. The van der Waals surface area contributed by atoms with Crippen molar-refractivity contribution in [3.05, 3.63) is 152 Å². The largest absolute Gasteiger partial charge is 0.460 e. The van der Waals surface area contributed by atoms with Gasteiger partial charge in [0.1, 0.15) is 28.7 Å². The summed E-state index contributed by atoms with van der Waals surface area (Å²) in [5.41, 5.74) is 0. The van der Waals surface area contributed by atoms with Gasteiger partial charge in [0.25, 0.3) is 0 Å². The molecule has 0 spiro atoms. The molecule has 1 atom stereocenters. The van der Waals surface area contributed by atoms with E-state index in [1.165, 1.54) is 0 Å². The minimum atomic E-state index is -3.78. The van der Waals surface area contributed by atoms with Crippen LogP contribution >= 0.6 is 23.0 Å². The number of benzene rings is 5. The second kappa shape index (κ2) is 14.9. The highest BCUT2D eigenvalue weighted by Gasteiger charge is 2.47. The van der Waals surface area contributed by atoms with E-state index < -0.39 is 23.0 Å². The normalized spacial score (nSPS) is 17.7. The lowest BCUT2D eigenvalue weighted by atomic mass is 10.3. The van der Waals surface area contributed by atoms with E-state index in [4.69, 9.17) is 40.7 Å². The Morgan fingerprint density at radius 2 is 0.652 bits per heavy atom. The highest BCUT2D eigenvalue weighted by Crippen LogP contribution is 2.79. The van der Waals surface area contributed by atoms with Crippen LogP contribution < -0.4 is 22.6 Å². The maximum Gasteiger partial charge on any atom is 0.460 e. The van der Waals surface area contributed by atoms with E-state index in [9.17, 15) is 0 Å². The molecule has 0 N–H and O–H groups in total. The van der Waals surface area contributed by atoms with Gasteiger partial charge in [-0.25, -0.2) is 0 Å². The fourth-order valence-corrected chi connectivity index (χ4v) is 13.4. The average Bonchev–Trinajstić information content (AvgIpc) is 3.07. The molecule has 0 bridgehead atoms. The molecule has 0 aliphatic carbocycles. The lowest BCUT2D eigenvalue weighted by Crippen LogP contribution is -2.10. The highest BCUT2D eigenvalue weighted by molar-refractivity contribution is 7.79. The number of para-hydroxylation sites is 5. The second-order valence-electron chi connectivity index (χ2n) is 9.95. The molecule has 46 heavy (non-hydrogen) atoms. The lowest BCUT2D eigenvalue weighted by Gasteiger charge is -2.33. The van der Waals surface area contributed by atoms with Crippen molar-refractivity contribution in [1.29, 1.82) is 0 Å². The van der Waals surface area contributed by atoms with Gasteiger partial charge in [0.2, 0.25) is 0 Å². The van der Waals surface area contributed by atoms with Gasteiger partial charge in [-0.05, 0) is 67.1 Å². The average molecular weight is 674 g/mol. The molecule has 0 aromatic heterocycles. The van der Waals surface area contributed by atoms with Gasteiger partial charge in [0, 0.05) is 0 Å². The molecule has 9 nitrogen and oxygen atoms in total. The molecule has 5 aromatic carbocycles. The first-order chi connectivity index (χ1) is 22.6. The van der Waals surface area contributed by atoms with Crippen molar-refractivity contribution in [2.75, 3.05) is 6.61 Å². The van der Waals surface area contributed by atoms with Crippen molar-refractivity contribution in [3.63, 3.8) is 0 Å². The number of nitrogens with zero attached hydrogens (tertiary/aromatic N) is 3. The smallest absolute Gasteiger partial charge is 0.422 e. The standard InChI is InChI=1S/C34H34N3O6P3/c1-2-3-29-38-44(39-30-19-9-4-10-20-30)35-45(40-31-21-11-5-12-22-31,41-32-23-13-6-14-24-32)37-46(36-44,42-33-25-15-7-16-26-33)43-34-27-17-8-18-28-34/h4-28H,2-3,29H2,1H3. The summed E-state index contributed by atoms with van der Waals surface area (Å²) < 4.78 is 55.6. The molecule has 0 amide bonds. The summed E-state index contributed by atoms with van der Waals surface area (Å²) in [5, 5.41) is 0. The molecule has 1 aliphatic rings. The summed E-state index contributed by atoms with van der Waals surface area (Å²) in [6, 6.07) is 46.4. The predicted molar refractivity (Wildman–Crippen MR) is 184 cm³/mol. The summed E-state index contributed by atoms with van der Waals surface area (Å²) in [6.07, 6.45) is 1.63. The number of rotatable bonds is 14. The van der Waals surface area contributed by atoms with Crippen molar-refractivity contribution in [3.8, 4) is 28.7 Å².